The topological polar surface area (TPSA) is 47.2 Å². The van der Waals surface area contributed by atoms with Crippen molar-refractivity contribution in [3.8, 4) is 0 Å². The Balaban J connectivity index is 1.58. The van der Waals surface area contributed by atoms with Crippen molar-refractivity contribution < 1.29 is 4.57 Å². The number of hydrogen-bond donors (Lipinski definition) is 1. The summed E-state index contributed by atoms with van der Waals surface area (Å²) in [6.45, 7) is 0.834. The maximum Gasteiger partial charge on any atom is 0.177 e. The molecule has 0 aliphatic carbocycles. The molecule has 0 atom stereocenters. The number of amidine groups is 1. The Kier molecular flexibility index (Phi) is 4.07. The number of hydrogen-bond acceptors (Lipinski definition) is 2. The summed E-state index contributed by atoms with van der Waals surface area (Å²) in [5.74, 6) is 0.554. The third-order valence-corrected chi connectivity index (χ3v) is 5.05. The van der Waals surface area contributed by atoms with Crippen LogP contribution in [-0.4, -0.2) is 10.4 Å². The number of aromatic nitrogens is 2. The van der Waals surface area contributed by atoms with Crippen molar-refractivity contribution >= 4 is 33.8 Å². The van der Waals surface area contributed by atoms with Gasteiger partial charge in [0.05, 0.1) is 23.1 Å². The van der Waals surface area contributed by atoms with Gasteiger partial charge >= 0.3 is 0 Å². The van der Waals surface area contributed by atoms with Gasteiger partial charge < -0.3 is 10.3 Å². The quantitative estimate of drug-likeness (QED) is 0.342. The minimum atomic E-state index is 0.554. The van der Waals surface area contributed by atoms with E-state index in [0.29, 0.717) is 5.84 Å². The lowest BCUT2D eigenvalue weighted by molar-refractivity contribution is -0.670. The molecule has 5 heteroatoms. The average molecular weight is 347 g/mol. The first-order valence-electron chi connectivity index (χ1n) is 8.10. The fourth-order valence-corrected chi connectivity index (χ4v) is 3.74. The van der Waals surface area contributed by atoms with Crippen molar-refractivity contribution in [3.63, 3.8) is 0 Å². The number of aryl methyl sites for hydroxylation is 1. The zero-order valence-electron chi connectivity index (χ0n) is 14.0. The van der Waals surface area contributed by atoms with Crippen molar-refractivity contribution in [2.75, 3.05) is 0 Å². The summed E-state index contributed by atoms with van der Waals surface area (Å²) >= 11 is 1.71. The van der Waals surface area contributed by atoms with Gasteiger partial charge in [-0.05, 0) is 24.3 Å². The molecule has 25 heavy (non-hydrogen) atoms. The molecule has 0 bridgehead atoms. The van der Waals surface area contributed by atoms with Crippen LogP contribution in [0.1, 0.15) is 10.4 Å². The van der Waals surface area contributed by atoms with Crippen LogP contribution < -0.4 is 10.3 Å². The number of aliphatic imine (C=N–C) groups is 1. The van der Waals surface area contributed by atoms with Gasteiger partial charge in [-0.2, -0.15) is 0 Å². The predicted molar refractivity (Wildman–Crippen MR) is 103 cm³/mol. The molecule has 4 rings (SSSR count). The monoisotopic (exact) mass is 347 g/mol. The van der Waals surface area contributed by atoms with E-state index in [0.717, 1.165) is 17.8 Å². The van der Waals surface area contributed by atoms with Crippen molar-refractivity contribution in [1.82, 2.24) is 4.57 Å². The molecule has 3 heterocycles. The van der Waals surface area contributed by atoms with Crippen molar-refractivity contribution in [2.45, 2.75) is 6.54 Å². The highest BCUT2D eigenvalue weighted by atomic mass is 32.1. The largest absolute Gasteiger partial charge is 0.383 e. The van der Waals surface area contributed by atoms with Gasteiger partial charge in [0, 0.05) is 28.1 Å². The Labute approximate surface area is 150 Å². The van der Waals surface area contributed by atoms with Crippen LogP contribution in [0.3, 0.4) is 0 Å². The van der Waals surface area contributed by atoms with Gasteiger partial charge in [0.2, 0.25) is 0 Å². The van der Waals surface area contributed by atoms with Crippen LogP contribution in [0.15, 0.2) is 77.5 Å². The van der Waals surface area contributed by atoms with Crippen LogP contribution in [0.4, 0.5) is 5.69 Å². The average Bonchev–Trinajstić information content (AvgIpc) is 3.23. The Hall–Kier alpha value is -2.92. The van der Waals surface area contributed by atoms with E-state index < -0.39 is 0 Å². The molecule has 2 N–H and O–H groups in total. The van der Waals surface area contributed by atoms with Gasteiger partial charge in [-0.3, -0.25) is 0 Å². The van der Waals surface area contributed by atoms with E-state index >= 15 is 0 Å². The van der Waals surface area contributed by atoms with Gasteiger partial charge in [-0.15, -0.1) is 11.3 Å². The molecular formula is C20H19N4S+. The zero-order valence-corrected chi connectivity index (χ0v) is 14.8. The SMILES string of the molecule is C[n+]1ccc2c(ccn2Cc2cc(C(N)=Nc3ccccc3)cs2)c1. The van der Waals surface area contributed by atoms with Crippen LogP contribution in [0, 0.1) is 0 Å². The third-order valence-electron chi connectivity index (χ3n) is 4.13. The Morgan fingerprint density at radius 3 is 2.88 bits per heavy atom. The smallest absolute Gasteiger partial charge is 0.177 e. The zero-order chi connectivity index (χ0) is 17.2. The van der Waals surface area contributed by atoms with Crippen LogP contribution in [0.25, 0.3) is 10.9 Å². The number of nitrogens with zero attached hydrogens (tertiary/aromatic N) is 3. The summed E-state index contributed by atoms with van der Waals surface area (Å²) in [5.41, 5.74) is 9.25. The highest BCUT2D eigenvalue weighted by molar-refractivity contribution is 7.10. The molecular weight excluding hydrogens is 328 g/mol. The summed E-state index contributed by atoms with van der Waals surface area (Å²) in [7, 11) is 2.04. The van der Waals surface area contributed by atoms with Gasteiger partial charge in [0.15, 0.2) is 12.4 Å². The van der Waals surface area contributed by atoms with E-state index in [9.17, 15) is 0 Å². The molecule has 0 unspecified atom stereocenters. The molecule has 3 aromatic heterocycles. The van der Waals surface area contributed by atoms with Crippen molar-refractivity contribution in [1.29, 1.82) is 0 Å². The first-order valence-corrected chi connectivity index (χ1v) is 8.98. The molecule has 0 aliphatic rings. The molecule has 1 aromatic carbocycles. The molecule has 0 amide bonds. The number of fused-ring (bicyclic) bond motifs is 1. The molecule has 4 aromatic rings. The summed E-state index contributed by atoms with van der Waals surface area (Å²) in [5, 5.41) is 3.31. The minimum absolute atomic E-state index is 0.554. The lowest BCUT2D eigenvalue weighted by atomic mass is 10.2. The molecule has 4 nitrogen and oxygen atoms in total. The standard InChI is InChI=1S/C20H19N4S/c1-23-9-8-19-15(12-23)7-10-24(19)13-18-11-16(14-25-18)20(21)22-17-5-3-2-4-6-17/h2-12,14H,13H2,1H3,(H2,21,22)/q+1. The maximum atomic E-state index is 6.17. The number of benzene rings is 1. The molecule has 0 aliphatic heterocycles. The van der Waals surface area contributed by atoms with Crippen molar-refractivity contribution in [2.24, 2.45) is 17.8 Å². The number of rotatable bonds is 4. The van der Waals surface area contributed by atoms with Gasteiger partial charge in [0.1, 0.15) is 12.9 Å². The third kappa shape index (κ3) is 3.32. The van der Waals surface area contributed by atoms with E-state index in [2.05, 4.69) is 56.3 Å². The van der Waals surface area contributed by atoms with E-state index in [1.165, 1.54) is 15.8 Å². The molecule has 0 spiro atoms. The fraction of sp³-hybridized carbons (Fsp3) is 0.100. The molecule has 0 fully saturated rings. The maximum absolute atomic E-state index is 6.17. The lowest BCUT2D eigenvalue weighted by Gasteiger charge is -2.02. The molecule has 0 saturated carbocycles. The van der Waals surface area contributed by atoms with Crippen molar-refractivity contribution in [3.05, 3.63) is 82.9 Å². The van der Waals surface area contributed by atoms with Gasteiger partial charge in [-0.1, -0.05) is 18.2 Å². The first-order chi connectivity index (χ1) is 12.2. The molecule has 0 saturated heterocycles. The highest BCUT2D eigenvalue weighted by Gasteiger charge is 2.08. The second-order valence-corrected chi connectivity index (χ2v) is 7.02. The Bertz CT molecular complexity index is 1040. The van der Waals surface area contributed by atoms with Crippen LogP contribution in [0.2, 0.25) is 0 Å². The number of para-hydroxylation sites is 1. The number of thiophene rings is 1. The normalized spacial score (nSPS) is 12.0. The van der Waals surface area contributed by atoms with Crippen LogP contribution in [0.5, 0.6) is 0 Å². The van der Waals surface area contributed by atoms with E-state index in [-0.39, 0.29) is 0 Å². The second-order valence-electron chi connectivity index (χ2n) is 6.03. The number of nitrogens with two attached hydrogens (primary N) is 1. The lowest BCUT2D eigenvalue weighted by Crippen LogP contribution is -2.25. The number of pyridine rings is 1. The highest BCUT2D eigenvalue weighted by Crippen LogP contribution is 2.21. The predicted octanol–water partition coefficient (Wildman–Crippen LogP) is 3.61. The summed E-state index contributed by atoms with van der Waals surface area (Å²) in [6, 6.07) is 16.2. The van der Waals surface area contributed by atoms with E-state index in [1.807, 2.05) is 37.4 Å². The van der Waals surface area contributed by atoms with Crippen LogP contribution in [-0.2, 0) is 13.6 Å². The summed E-state index contributed by atoms with van der Waals surface area (Å²) in [6.07, 6.45) is 6.34. The van der Waals surface area contributed by atoms with E-state index in [4.69, 9.17) is 5.73 Å². The van der Waals surface area contributed by atoms with Gasteiger partial charge in [0.25, 0.3) is 0 Å². The minimum Gasteiger partial charge on any atom is -0.383 e. The fourth-order valence-electron chi connectivity index (χ4n) is 2.86. The first kappa shape index (κ1) is 15.6. The molecule has 124 valence electrons. The van der Waals surface area contributed by atoms with Gasteiger partial charge in [-0.25, -0.2) is 9.56 Å². The summed E-state index contributed by atoms with van der Waals surface area (Å²) < 4.78 is 4.33. The van der Waals surface area contributed by atoms with Crippen LogP contribution >= 0.6 is 11.3 Å². The second kappa shape index (κ2) is 6.53. The molecule has 0 radical (unpaired) electrons. The Morgan fingerprint density at radius 1 is 1.20 bits per heavy atom. The summed E-state index contributed by atoms with van der Waals surface area (Å²) in [4.78, 5) is 5.75. The van der Waals surface area contributed by atoms with E-state index in [1.54, 1.807) is 11.3 Å². The Morgan fingerprint density at radius 2 is 2.04 bits per heavy atom.